The van der Waals surface area contributed by atoms with Gasteiger partial charge in [0.15, 0.2) is 0 Å². The fourth-order valence-corrected chi connectivity index (χ4v) is 4.51. The highest BCUT2D eigenvalue weighted by Gasteiger charge is 2.29. The summed E-state index contributed by atoms with van der Waals surface area (Å²) < 4.78 is 9.05. The fourth-order valence-electron chi connectivity index (χ4n) is 3.79. The lowest BCUT2D eigenvalue weighted by Crippen LogP contribution is -2.41. The van der Waals surface area contributed by atoms with Crippen LogP contribution in [0.5, 0.6) is 0 Å². The van der Waals surface area contributed by atoms with Gasteiger partial charge in [0, 0.05) is 31.0 Å². The Balaban J connectivity index is 1.50. The van der Waals surface area contributed by atoms with E-state index in [0.29, 0.717) is 25.3 Å². The molecule has 1 amide bonds. The van der Waals surface area contributed by atoms with Gasteiger partial charge in [-0.3, -0.25) is 19.1 Å². The maximum atomic E-state index is 13.0. The second-order valence-electron chi connectivity index (χ2n) is 6.93. The standard InChI is InChI=1S/C19H19N7OS/c1-3-25-17(5-7-21-25)19(27)24-10-12(2)26-13(11-24)8-15(23-26)14-4-6-20-16-9-22-28-18(14)16/h4-9,12H,3,10-11H2,1-2H3/t12-/m0/s1. The SMILES string of the molecule is CCn1nccc1C(=O)N1Cc2cc(-c3ccnc4cnsc34)nn2[C@@H](C)C1. The largest absolute Gasteiger partial charge is 0.329 e. The van der Waals surface area contributed by atoms with Gasteiger partial charge >= 0.3 is 0 Å². The first-order valence-electron chi connectivity index (χ1n) is 9.25. The summed E-state index contributed by atoms with van der Waals surface area (Å²) in [6, 6.07) is 5.92. The van der Waals surface area contributed by atoms with Crippen LogP contribution in [0.15, 0.2) is 36.8 Å². The van der Waals surface area contributed by atoms with Crippen LogP contribution in [0.25, 0.3) is 21.5 Å². The van der Waals surface area contributed by atoms with E-state index in [2.05, 4.69) is 27.4 Å². The molecule has 0 aromatic carbocycles. The maximum absolute atomic E-state index is 13.0. The molecule has 5 rings (SSSR count). The van der Waals surface area contributed by atoms with E-state index in [1.165, 1.54) is 11.5 Å². The molecule has 1 aliphatic heterocycles. The third-order valence-electron chi connectivity index (χ3n) is 5.12. The molecule has 0 fully saturated rings. The molecule has 0 N–H and O–H groups in total. The van der Waals surface area contributed by atoms with Crippen LogP contribution in [0.3, 0.4) is 0 Å². The van der Waals surface area contributed by atoms with Crippen molar-refractivity contribution in [3.05, 3.63) is 48.2 Å². The van der Waals surface area contributed by atoms with E-state index in [1.54, 1.807) is 29.3 Å². The molecule has 1 aliphatic rings. The molecule has 1 atom stereocenters. The summed E-state index contributed by atoms with van der Waals surface area (Å²) in [4.78, 5) is 19.3. The number of rotatable bonds is 3. The monoisotopic (exact) mass is 393 g/mol. The Morgan fingerprint density at radius 3 is 3.07 bits per heavy atom. The maximum Gasteiger partial charge on any atom is 0.272 e. The minimum Gasteiger partial charge on any atom is -0.329 e. The normalized spacial score (nSPS) is 16.5. The highest BCUT2D eigenvalue weighted by atomic mass is 32.1. The molecule has 5 heterocycles. The quantitative estimate of drug-likeness (QED) is 0.534. The van der Waals surface area contributed by atoms with Crippen molar-refractivity contribution in [3.63, 3.8) is 0 Å². The Morgan fingerprint density at radius 2 is 2.21 bits per heavy atom. The van der Waals surface area contributed by atoms with E-state index in [-0.39, 0.29) is 11.9 Å². The average molecular weight is 393 g/mol. The van der Waals surface area contributed by atoms with Gasteiger partial charge in [0.05, 0.1) is 34.9 Å². The van der Waals surface area contributed by atoms with Crippen molar-refractivity contribution in [2.75, 3.05) is 6.54 Å². The fraction of sp³-hybridized carbons (Fsp3) is 0.316. The molecule has 0 saturated heterocycles. The zero-order valence-electron chi connectivity index (χ0n) is 15.6. The number of aromatic nitrogens is 6. The number of carbonyl (C=O) groups is 1. The summed E-state index contributed by atoms with van der Waals surface area (Å²) in [6.07, 6.45) is 5.24. The summed E-state index contributed by atoms with van der Waals surface area (Å²) in [5.41, 5.74) is 4.46. The minimum atomic E-state index is 0.00829. The van der Waals surface area contributed by atoms with Crippen LogP contribution in [0.2, 0.25) is 0 Å². The summed E-state index contributed by atoms with van der Waals surface area (Å²) in [6.45, 7) is 5.90. The van der Waals surface area contributed by atoms with Gasteiger partial charge in [-0.2, -0.15) is 14.6 Å². The molecule has 0 saturated carbocycles. The molecule has 4 aromatic rings. The molecular weight excluding hydrogens is 374 g/mol. The Hall–Kier alpha value is -3.07. The van der Waals surface area contributed by atoms with Gasteiger partial charge in [0.1, 0.15) is 11.2 Å². The molecule has 9 heteroatoms. The van der Waals surface area contributed by atoms with Crippen LogP contribution in [0.4, 0.5) is 0 Å². The van der Waals surface area contributed by atoms with Crippen LogP contribution in [-0.4, -0.2) is 46.3 Å². The highest BCUT2D eigenvalue weighted by molar-refractivity contribution is 7.13. The number of fused-ring (bicyclic) bond motifs is 2. The molecule has 0 spiro atoms. The van der Waals surface area contributed by atoms with Crippen LogP contribution in [0.1, 0.15) is 36.1 Å². The third kappa shape index (κ3) is 2.62. The topological polar surface area (TPSA) is 81.7 Å². The van der Waals surface area contributed by atoms with Crippen molar-refractivity contribution in [3.8, 4) is 11.3 Å². The summed E-state index contributed by atoms with van der Waals surface area (Å²) in [7, 11) is 0. The van der Waals surface area contributed by atoms with E-state index in [9.17, 15) is 4.79 Å². The Labute approximate surface area is 165 Å². The number of nitrogens with zero attached hydrogens (tertiary/aromatic N) is 7. The van der Waals surface area contributed by atoms with E-state index in [4.69, 9.17) is 5.10 Å². The average Bonchev–Trinajstić information content (AvgIpc) is 3.44. The second kappa shape index (κ2) is 6.52. The molecule has 0 aliphatic carbocycles. The predicted molar refractivity (Wildman–Crippen MR) is 106 cm³/mol. The summed E-state index contributed by atoms with van der Waals surface area (Å²) >= 11 is 1.43. The highest BCUT2D eigenvalue weighted by Crippen LogP contribution is 2.32. The van der Waals surface area contributed by atoms with Gasteiger partial charge < -0.3 is 4.90 Å². The first-order chi connectivity index (χ1) is 13.7. The van der Waals surface area contributed by atoms with Crippen molar-refractivity contribution >= 4 is 27.7 Å². The number of carbonyl (C=O) groups excluding carboxylic acids is 1. The zero-order valence-corrected chi connectivity index (χ0v) is 16.4. The number of pyridine rings is 1. The summed E-state index contributed by atoms with van der Waals surface area (Å²) in [5.74, 6) is 0.00829. The Kier molecular flexibility index (Phi) is 3.97. The molecule has 0 radical (unpaired) electrons. The van der Waals surface area contributed by atoms with Gasteiger partial charge in [0.25, 0.3) is 5.91 Å². The number of aryl methyl sites for hydroxylation is 1. The first kappa shape index (κ1) is 17.1. The van der Waals surface area contributed by atoms with E-state index in [1.807, 2.05) is 22.6 Å². The number of hydrogen-bond donors (Lipinski definition) is 0. The second-order valence-corrected chi connectivity index (χ2v) is 7.73. The number of amides is 1. The van der Waals surface area contributed by atoms with Crippen LogP contribution >= 0.6 is 11.5 Å². The first-order valence-corrected chi connectivity index (χ1v) is 10.0. The van der Waals surface area contributed by atoms with Gasteiger partial charge in [-0.1, -0.05) is 0 Å². The van der Waals surface area contributed by atoms with Gasteiger partial charge in [-0.05, 0) is 43.6 Å². The van der Waals surface area contributed by atoms with Gasteiger partial charge in [-0.25, -0.2) is 0 Å². The molecule has 0 unspecified atom stereocenters. The molecule has 142 valence electrons. The third-order valence-corrected chi connectivity index (χ3v) is 5.94. The van der Waals surface area contributed by atoms with Crippen molar-refractivity contribution in [1.82, 2.24) is 33.8 Å². The van der Waals surface area contributed by atoms with Gasteiger partial charge in [0.2, 0.25) is 0 Å². The smallest absolute Gasteiger partial charge is 0.272 e. The number of hydrogen-bond acceptors (Lipinski definition) is 6. The molecule has 8 nitrogen and oxygen atoms in total. The predicted octanol–water partition coefficient (Wildman–Crippen LogP) is 2.99. The zero-order chi connectivity index (χ0) is 19.3. The molecular formula is C19H19N7OS. The minimum absolute atomic E-state index is 0.00829. The molecule has 28 heavy (non-hydrogen) atoms. The van der Waals surface area contributed by atoms with Crippen molar-refractivity contribution in [1.29, 1.82) is 0 Å². The van der Waals surface area contributed by atoms with E-state index >= 15 is 0 Å². The lowest BCUT2D eigenvalue weighted by molar-refractivity contribution is 0.0665. The van der Waals surface area contributed by atoms with Crippen LogP contribution in [-0.2, 0) is 13.1 Å². The van der Waals surface area contributed by atoms with Gasteiger partial charge in [-0.15, -0.1) is 0 Å². The van der Waals surface area contributed by atoms with Crippen LogP contribution in [0, 0.1) is 0 Å². The lowest BCUT2D eigenvalue weighted by atomic mass is 10.1. The Morgan fingerprint density at radius 1 is 1.32 bits per heavy atom. The summed E-state index contributed by atoms with van der Waals surface area (Å²) in [5, 5.41) is 9.06. The Bertz CT molecular complexity index is 1170. The van der Waals surface area contributed by atoms with E-state index < -0.39 is 0 Å². The van der Waals surface area contributed by atoms with Crippen molar-refractivity contribution in [2.45, 2.75) is 33.0 Å². The molecule has 4 aromatic heterocycles. The molecule has 0 bridgehead atoms. The van der Waals surface area contributed by atoms with Crippen molar-refractivity contribution in [2.24, 2.45) is 0 Å². The van der Waals surface area contributed by atoms with Crippen molar-refractivity contribution < 1.29 is 4.79 Å². The lowest BCUT2D eigenvalue weighted by Gasteiger charge is -2.32. The van der Waals surface area contributed by atoms with Crippen LogP contribution < -0.4 is 0 Å². The van der Waals surface area contributed by atoms with E-state index in [0.717, 1.165) is 27.2 Å².